The number of ether oxygens (including phenoxy) is 1. The number of aromatic hydroxyl groups is 1. The molecule has 1 saturated heterocycles. The molecule has 3 aliphatic rings. The van der Waals surface area contributed by atoms with Crippen molar-refractivity contribution in [2.24, 2.45) is 15.0 Å². The number of hydrogen-bond donors (Lipinski definition) is 3. The summed E-state index contributed by atoms with van der Waals surface area (Å²) in [6, 6.07) is 13.4. The number of carbonyl (C=O) groups is 1. The molecule has 0 saturated carbocycles. The number of amides is 2. The molecule has 1 fully saturated rings. The largest absolute Gasteiger partial charge is 0.508 e. The van der Waals surface area contributed by atoms with E-state index in [9.17, 15) is 9.90 Å². The fourth-order valence-electron chi connectivity index (χ4n) is 4.32. The molecule has 1 unspecified atom stereocenters. The lowest BCUT2D eigenvalue weighted by atomic mass is 9.78. The number of phenolic OH excluding ortho intramolecular Hbond substituents is 1. The summed E-state index contributed by atoms with van der Waals surface area (Å²) in [7, 11) is 1.61. The van der Waals surface area contributed by atoms with Crippen molar-refractivity contribution in [1.29, 1.82) is 0 Å². The molecule has 3 atom stereocenters. The van der Waals surface area contributed by atoms with E-state index in [1.807, 2.05) is 24.3 Å². The van der Waals surface area contributed by atoms with Crippen molar-refractivity contribution in [3.8, 4) is 11.5 Å². The minimum Gasteiger partial charge on any atom is -0.508 e. The third-order valence-electron chi connectivity index (χ3n) is 5.98. The van der Waals surface area contributed by atoms with E-state index < -0.39 is 17.7 Å². The van der Waals surface area contributed by atoms with Gasteiger partial charge in [-0.1, -0.05) is 30.8 Å². The van der Waals surface area contributed by atoms with Crippen LogP contribution in [0.4, 0.5) is 4.79 Å². The molecule has 3 N–H and O–H groups in total. The van der Waals surface area contributed by atoms with E-state index in [0.29, 0.717) is 18.0 Å². The van der Waals surface area contributed by atoms with Crippen LogP contribution in [0.2, 0.25) is 0 Å². The number of urea groups is 1. The summed E-state index contributed by atoms with van der Waals surface area (Å²) in [4.78, 5) is 28.5. The Morgan fingerprint density at radius 2 is 1.94 bits per heavy atom. The van der Waals surface area contributed by atoms with Crippen LogP contribution in [0.3, 0.4) is 0 Å². The number of methoxy groups -OCH3 is 1. The van der Waals surface area contributed by atoms with Crippen LogP contribution in [0.5, 0.6) is 11.5 Å². The zero-order valence-electron chi connectivity index (χ0n) is 17.4. The quantitative estimate of drug-likeness (QED) is 0.675. The predicted octanol–water partition coefficient (Wildman–Crippen LogP) is 2.14. The van der Waals surface area contributed by atoms with E-state index in [1.54, 1.807) is 42.6 Å². The van der Waals surface area contributed by atoms with Gasteiger partial charge in [0.1, 0.15) is 35.9 Å². The number of nitrogens with zero attached hydrogens (tertiary/aromatic N) is 4. The Hall–Kier alpha value is -4.14. The Kier molecular flexibility index (Phi) is 4.66. The number of carbonyl (C=O) groups excluding carboxylic acids is 1. The van der Waals surface area contributed by atoms with Gasteiger partial charge in [-0.25, -0.2) is 14.8 Å². The fourth-order valence-corrected chi connectivity index (χ4v) is 4.32. The van der Waals surface area contributed by atoms with Crippen LogP contribution < -0.4 is 15.4 Å². The summed E-state index contributed by atoms with van der Waals surface area (Å²) in [5.41, 5.74) is 1.18. The molecule has 0 aliphatic carbocycles. The molecular formula is C23H22N6O3. The Bertz CT molecular complexity index is 1160. The zero-order valence-corrected chi connectivity index (χ0v) is 17.4. The summed E-state index contributed by atoms with van der Waals surface area (Å²) >= 11 is 0. The Balaban J connectivity index is 1.58. The highest BCUT2D eigenvalue weighted by Crippen LogP contribution is 2.40. The van der Waals surface area contributed by atoms with E-state index in [2.05, 4.69) is 32.2 Å². The molecule has 3 heterocycles. The third-order valence-corrected chi connectivity index (χ3v) is 5.98. The van der Waals surface area contributed by atoms with Crippen molar-refractivity contribution in [2.75, 3.05) is 7.11 Å². The number of hydrogen-bond acceptors (Lipinski definition) is 7. The maximum Gasteiger partial charge on any atom is 0.324 e. The van der Waals surface area contributed by atoms with Crippen LogP contribution in [0.15, 0.2) is 70.1 Å². The van der Waals surface area contributed by atoms with Gasteiger partial charge in [0.2, 0.25) is 0 Å². The normalized spacial score (nSPS) is 25.3. The van der Waals surface area contributed by atoms with E-state index in [1.165, 1.54) is 6.34 Å². The SMILES string of the molecule is C=C(c1ccc(O)cc1)[C@@]12NC(=O)N(Cc3ccc(OC)cc3)C1=NC=NC1NC=N[C@H]12. The second-order valence-electron chi connectivity index (χ2n) is 7.75. The number of aliphatic imine (C=N–C) groups is 3. The van der Waals surface area contributed by atoms with E-state index in [4.69, 9.17) is 4.74 Å². The average Bonchev–Trinajstić information content (AvgIpc) is 3.34. The highest BCUT2D eigenvalue weighted by atomic mass is 16.5. The Labute approximate surface area is 184 Å². The molecule has 5 rings (SSSR count). The summed E-state index contributed by atoms with van der Waals surface area (Å²) in [6.45, 7) is 4.64. The smallest absolute Gasteiger partial charge is 0.324 e. The minimum absolute atomic E-state index is 0.146. The van der Waals surface area contributed by atoms with E-state index >= 15 is 0 Å². The van der Waals surface area contributed by atoms with Crippen LogP contribution in [-0.2, 0) is 6.54 Å². The Morgan fingerprint density at radius 1 is 1.19 bits per heavy atom. The lowest BCUT2D eigenvalue weighted by Gasteiger charge is -2.36. The van der Waals surface area contributed by atoms with Crippen LogP contribution in [-0.4, -0.2) is 59.4 Å². The second kappa shape index (κ2) is 7.52. The van der Waals surface area contributed by atoms with Crippen molar-refractivity contribution in [3.63, 3.8) is 0 Å². The van der Waals surface area contributed by atoms with Gasteiger partial charge in [0.15, 0.2) is 5.54 Å². The van der Waals surface area contributed by atoms with Crippen LogP contribution in [0.25, 0.3) is 5.57 Å². The molecule has 0 aromatic heterocycles. The minimum atomic E-state index is -1.11. The number of phenols is 1. The van der Waals surface area contributed by atoms with Crippen LogP contribution in [0.1, 0.15) is 11.1 Å². The molecule has 3 aliphatic heterocycles. The molecule has 2 amide bonds. The zero-order chi connectivity index (χ0) is 22.3. The van der Waals surface area contributed by atoms with Gasteiger partial charge in [-0.15, -0.1) is 0 Å². The fraction of sp³-hybridized carbons (Fsp3) is 0.217. The van der Waals surface area contributed by atoms with E-state index in [-0.39, 0.29) is 11.8 Å². The second-order valence-corrected chi connectivity index (χ2v) is 7.75. The first-order valence-corrected chi connectivity index (χ1v) is 10.1. The maximum absolute atomic E-state index is 13.3. The highest BCUT2D eigenvalue weighted by Gasteiger charge is 2.59. The van der Waals surface area contributed by atoms with E-state index in [0.717, 1.165) is 16.9 Å². The van der Waals surface area contributed by atoms with Crippen molar-refractivity contribution in [3.05, 3.63) is 66.2 Å². The Morgan fingerprint density at radius 3 is 2.66 bits per heavy atom. The van der Waals surface area contributed by atoms with Gasteiger partial charge in [-0.05, 0) is 41.0 Å². The average molecular weight is 430 g/mol. The molecule has 9 nitrogen and oxygen atoms in total. The first-order chi connectivity index (χ1) is 15.5. The lowest BCUT2D eigenvalue weighted by molar-refractivity contribution is 0.224. The number of benzene rings is 2. The predicted molar refractivity (Wildman–Crippen MR) is 122 cm³/mol. The molecule has 0 bridgehead atoms. The van der Waals surface area contributed by atoms with Crippen molar-refractivity contribution in [2.45, 2.75) is 24.3 Å². The van der Waals surface area contributed by atoms with Crippen molar-refractivity contribution in [1.82, 2.24) is 15.5 Å². The lowest BCUT2D eigenvalue weighted by Crippen LogP contribution is -2.59. The van der Waals surface area contributed by atoms with Gasteiger partial charge in [0, 0.05) is 0 Å². The first-order valence-electron chi connectivity index (χ1n) is 10.1. The van der Waals surface area contributed by atoms with Crippen molar-refractivity contribution < 1.29 is 14.6 Å². The summed E-state index contributed by atoms with van der Waals surface area (Å²) in [5, 5.41) is 16.0. The molecule has 162 valence electrons. The number of amidine groups is 1. The van der Waals surface area contributed by atoms with Gasteiger partial charge in [0.05, 0.1) is 20.0 Å². The first kappa shape index (κ1) is 19.8. The summed E-state index contributed by atoms with van der Waals surface area (Å²) < 4.78 is 5.23. The van der Waals surface area contributed by atoms with Gasteiger partial charge in [0.25, 0.3) is 0 Å². The molecule has 9 heteroatoms. The number of nitrogens with one attached hydrogen (secondary N) is 2. The standard InChI is InChI=1S/C23H22N6O3/c1-14(16-5-7-17(30)8-6-16)23-19-20(25-12-24-19)26-13-27-21(23)29(22(31)28-23)11-15-3-9-18(32-2)10-4-15/h3-10,12-13,19-20,30H,1,11H2,2H3,(H,24,25)(H,28,31)/t19-,20?,23+/m1/s1. The third kappa shape index (κ3) is 3.01. The number of rotatable bonds is 5. The van der Waals surface area contributed by atoms with Crippen LogP contribution in [0, 0.1) is 0 Å². The molecule has 32 heavy (non-hydrogen) atoms. The summed E-state index contributed by atoms with van der Waals surface area (Å²) in [5.74, 6) is 1.36. The maximum atomic E-state index is 13.3. The van der Waals surface area contributed by atoms with Gasteiger partial charge in [-0.2, -0.15) is 0 Å². The highest BCUT2D eigenvalue weighted by molar-refractivity contribution is 6.19. The van der Waals surface area contributed by atoms with Crippen LogP contribution >= 0.6 is 0 Å². The monoisotopic (exact) mass is 430 g/mol. The van der Waals surface area contributed by atoms with Gasteiger partial charge < -0.3 is 20.5 Å². The molecule has 2 aromatic rings. The molecule has 2 aromatic carbocycles. The summed E-state index contributed by atoms with van der Waals surface area (Å²) in [6.07, 6.45) is 2.66. The van der Waals surface area contributed by atoms with Crippen molar-refractivity contribution >= 4 is 30.1 Å². The topological polar surface area (TPSA) is 111 Å². The van der Waals surface area contributed by atoms with Gasteiger partial charge >= 0.3 is 6.03 Å². The van der Waals surface area contributed by atoms with Gasteiger partial charge in [-0.3, -0.25) is 9.89 Å². The number of fused-ring (bicyclic) bond motifs is 3. The molecule has 0 spiro atoms. The molecule has 0 radical (unpaired) electrons. The molecular weight excluding hydrogens is 408 g/mol.